The van der Waals surface area contributed by atoms with Crippen LogP contribution >= 0.6 is 0 Å². The van der Waals surface area contributed by atoms with E-state index in [4.69, 9.17) is 4.74 Å². The Morgan fingerprint density at radius 2 is 1.86 bits per heavy atom. The van der Waals surface area contributed by atoms with Gasteiger partial charge in [0, 0.05) is 25.7 Å². The second-order valence-electron chi connectivity index (χ2n) is 6.98. The van der Waals surface area contributed by atoms with E-state index in [0.29, 0.717) is 5.92 Å². The van der Waals surface area contributed by atoms with Crippen LogP contribution in [0.1, 0.15) is 38.4 Å². The summed E-state index contributed by atoms with van der Waals surface area (Å²) in [5, 5.41) is 10.7. The molecule has 1 N–H and O–H groups in total. The smallest absolute Gasteiger partial charge is 0.0853 e. The van der Waals surface area contributed by atoms with Crippen molar-refractivity contribution in [1.29, 1.82) is 0 Å². The fourth-order valence-corrected chi connectivity index (χ4v) is 3.30. The van der Waals surface area contributed by atoms with Crippen LogP contribution in [-0.4, -0.2) is 43.4 Å². The van der Waals surface area contributed by atoms with Gasteiger partial charge < -0.3 is 14.7 Å². The minimum absolute atomic E-state index is 0.143. The van der Waals surface area contributed by atoms with Crippen molar-refractivity contribution in [2.24, 2.45) is 11.3 Å². The van der Waals surface area contributed by atoms with Gasteiger partial charge in [0.15, 0.2) is 0 Å². The van der Waals surface area contributed by atoms with Crippen LogP contribution < -0.4 is 0 Å². The van der Waals surface area contributed by atoms with Gasteiger partial charge in [-0.05, 0) is 37.4 Å². The second kappa shape index (κ2) is 7.39. The lowest BCUT2D eigenvalue weighted by atomic mass is 9.81. The molecule has 3 heteroatoms. The number of methoxy groups -OCH3 is 1. The third-order valence-corrected chi connectivity index (χ3v) is 4.60. The van der Waals surface area contributed by atoms with Crippen LogP contribution in [0.2, 0.25) is 0 Å². The third kappa shape index (κ3) is 4.53. The number of hydrogen-bond acceptors (Lipinski definition) is 3. The Morgan fingerprint density at radius 3 is 2.43 bits per heavy atom. The number of piperidine rings is 1. The zero-order valence-electron chi connectivity index (χ0n) is 13.6. The first-order valence-corrected chi connectivity index (χ1v) is 7.97. The monoisotopic (exact) mass is 291 g/mol. The maximum atomic E-state index is 10.7. The zero-order valence-corrected chi connectivity index (χ0v) is 13.6. The second-order valence-corrected chi connectivity index (χ2v) is 6.98. The Kier molecular flexibility index (Phi) is 5.80. The van der Waals surface area contributed by atoms with Gasteiger partial charge in [-0.15, -0.1) is 0 Å². The molecule has 1 atom stereocenters. The molecule has 1 aliphatic rings. The van der Waals surface area contributed by atoms with Gasteiger partial charge >= 0.3 is 0 Å². The highest BCUT2D eigenvalue weighted by molar-refractivity contribution is 5.19. The van der Waals surface area contributed by atoms with Crippen molar-refractivity contribution in [2.45, 2.75) is 32.8 Å². The summed E-state index contributed by atoms with van der Waals surface area (Å²) in [5.74, 6) is 0.702. The molecule has 21 heavy (non-hydrogen) atoms. The molecule has 1 unspecified atom stereocenters. The molecule has 0 radical (unpaired) electrons. The van der Waals surface area contributed by atoms with Crippen molar-refractivity contribution in [2.75, 3.05) is 33.4 Å². The molecule has 1 aromatic rings. The molecule has 2 rings (SSSR count). The lowest BCUT2D eigenvalue weighted by Gasteiger charge is -2.39. The van der Waals surface area contributed by atoms with E-state index < -0.39 is 6.10 Å². The number of nitrogens with zero attached hydrogens (tertiary/aromatic N) is 1. The largest absolute Gasteiger partial charge is 0.388 e. The van der Waals surface area contributed by atoms with Crippen LogP contribution in [0.15, 0.2) is 30.3 Å². The molecule has 1 aromatic carbocycles. The van der Waals surface area contributed by atoms with Crippen molar-refractivity contribution in [3.8, 4) is 0 Å². The number of aliphatic hydroxyl groups is 1. The normalized spacial score (nSPS) is 19.6. The van der Waals surface area contributed by atoms with Gasteiger partial charge in [0.1, 0.15) is 0 Å². The van der Waals surface area contributed by atoms with Crippen molar-refractivity contribution < 1.29 is 9.84 Å². The minimum atomic E-state index is -0.421. The first-order valence-electron chi connectivity index (χ1n) is 7.97. The van der Waals surface area contributed by atoms with Crippen LogP contribution in [0.4, 0.5) is 0 Å². The first kappa shape index (κ1) is 16.5. The highest BCUT2D eigenvalue weighted by Gasteiger charge is 2.32. The highest BCUT2D eigenvalue weighted by atomic mass is 16.5. The summed E-state index contributed by atoms with van der Waals surface area (Å²) in [6.45, 7) is 8.35. The van der Waals surface area contributed by atoms with E-state index in [1.54, 1.807) is 7.11 Å². The number of likely N-dealkylation sites (tertiary alicyclic amines) is 1. The number of benzene rings is 1. The van der Waals surface area contributed by atoms with E-state index in [-0.39, 0.29) is 5.41 Å². The number of aliphatic hydroxyl groups excluding tert-OH is 1. The van der Waals surface area contributed by atoms with E-state index in [0.717, 1.165) is 31.8 Å². The predicted molar refractivity (Wildman–Crippen MR) is 86.2 cm³/mol. The summed E-state index contributed by atoms with van der Waals surface area (Å²) in [6, 6.07) is 9.99. The molecule has 0 amide bonds. The zero-order chi connectivity index (χ0) is 15.3. The molecule has 1 aliphatic heterocycles. The first-order chi connectivity index (χ1) is 10.0. The van der Waals surface area contributed by atoms with E-state index in [1.807, 2.05) is 30.3 Å². The number of hydrogen-bond donors (Lipinski definition) is 1. The Morgan fingerprint density at radius 1 is 1.24 bits per heavy atom. The lowest BCUT2D eigenvalue weighted by molar-refractivity contribution is 0.00734. The number of ether oxygens (including phenoxy) is 1. The summed E-state index contributed by atoms with van der Waals surface area (Å²) >= 11 is 0. The average molecular weight is 291 g/mol. The van der Waals surface area contributed by atoms with E-state index in [1.165, 1.54) is 12.8 Å². The van der Waals surface area contributed by atoms with Gasteiger partial charge in [-0.25, -0.2) is 0 Å². The predicted octanol–water partition coefficient (Wildman–Crippen LogP) is 3.10. The summed E-state index contributed by atoms with van der Waals surface area (Å²) in [7, 11) is 1.78. The van der Waals surface area contributed by atoms with Crippen LogP contribution in [0.25, 0.3) is 0 Å². The van der Waals surface area contributed by atoms with E-state index >= 15 is 0 Å². The van der Waals surface area contributed by atoms with Gasteiger partial charge in [-0.1, -0.05) is 44.2 Å². The summed E-state index contributed by atoms with van der Waals surface area (Å²) in [5.41, 5.74) is 0.867. The third-order valence-electron chi connectivity index (χ3n) is 4.60. The molecule has 3 nitrogen and oxygen atoms in total. The average Bonchev–Trinajstić information content (AvgIpc) is 2.49. The molecule has 0 saturated carbocycles. The molecular weight excluding hydrogens is 262 g/mol. The van der Waals surface area contributed by atoms with Gasteiger partial charge in [-0.2, -0.15) is 0 Å². The molecule has 1 heterocycles. The highest BCUT2D eigenvalue weighted by Crippen LogP contribution is 2.35. The maximum absolute atomic E-state index is 10.7. The fraction of sp³-hybridized carbons (Fsp3) is 0.667. The molecule has 1 saturated heterocycles. The van der Waals surface area contributed by atoms with Gasteiger partial charge in [-0.3, -0.25) is 0 Å². The van der Waals surface area contributed by atoms with Gasteiger partial charge in [0.05, 0.1) is 6.10 Å². The van der Waals surface area contributed by atoms with Gasteiger partial charge in [0.2, 0.25) is 0 Å². The Labute approximate surface area is 128 Å². The Hall–Kier alpha value is -0.900. The van der Waals surface area contributed by atoms with Crippen LogP contribution in [-0.2, 0) is 4.74 Å². The molecular formula is C18H29NO2. The molecule has 0 aromatic heterocycles. The molecule has 1 fully saturated rings. The summed E-state index contributed by atoms with van der Waals surface area (Å²) in [4.78, 5) is 2.48. The number of rotatable bonds is 6. The van der Waals surface area contributed by atoms with Crippen molar-refractivity contribution >= 4 is 0 Å². The molecule has 0 bridgehead atoms. The Bertz CT molecular complexity index is 410. The van der Waals surface area contributed by atoms with Crippen molar-refractivity contribution in [3.05, 3.63) is 35.9 Å². The van der Waals surface area contributed by atoms with Crippen LogP contribution in [0.3, 0.4) is 0 Å². The van der Waals surface area contributed by atoms with Crippen LogP contribution in [0.5, 0.6) is 0 Å². The van der Waals surface area contributed by atoms with Gasteiger partial charge in [0.25, 0.3) is 0 Å². The quantitative estimate of drug-likeness (QED) is 0.874. The van der Waals surface area contributed by atoms with E-state index in [9.17, 15) is 5.11 Å². The molecule has 0 spiro atoms. The summed E-state index contributed by atoms with van der Waals surface area (Å²) in [6.07, 6.45) is 1.98. The van der Waals surface area contributed by atoms with Crippen LogP contribution in [0, 0.1) is 11.3 Å². The van der Waals surface area contributed by atoms with Crippen molar-refractivity contribution in [3.63, 3.8) is 0 Å². The topological polar surface area (TPSA) is 32.7 Å². The molecule has 118 valence electrons. The SMILES string of the molecule is COCC1CCN(CC(C)(C)C(O)c2ccccc2)CC1. The molecule has 0 aliphatic carbocycles. The van der Waals surface area contributed by atoms with Crippen molar-refractivity contribution in [1.82, 2.24) is 4.90 Å². The maximum Gasteiger partial charge on any atom is 0.0853 e. The summed E-state index contributed by atoms with van der Waals surface area (Å²) < 4.78 is 5.26. The fourth-order valence-electron chi connectivity index (χ4n) is 3.30. The van der Waals surface area contributed by atoms with E-state index in [2.05, 4.69) is 18.7 Å². The lowest BCUT2D eigenvalue weighted by Crippen LogP contribution is -2.42. The Balaban J connectivity index is 1.89. The standard InChI is InChI=1S/C18H29NO2/c1-18(2,17(20)16-7-5-4-6-8-16)14-19-11-9-15(10-12-19)13-21-3/h4-8,15,17,20H,9-14H2,1-3H3. The minimum Gasteiger partial charge on any atom is -0.388 e.